The van der Waals surface area contributed by atoms with Crippen molar-refractivity contribution in [3.8, 4) is 0 Å². The highest BCUT2D eigenvalue weighted by molar-refractivity contribution is 14.1. The van der Waals surface area contributed by atoms with Crippen LogP contribution in [0.1, 0.15) is 58.3 Å². The second-order valence-electron chi connectivity index (χ2n) is 4.56. The Hall–Kier alpha value is 0.380. The van der Waals surface area contributed by atoms with E-state index in [0.717, 1.165) is 38.5 Å². The van der Waals surface area contributed by atoms with Gasteiger partial charge < -0.3 is 0 Å². The van der Waals surface area contributed by atoms with E-state index in [-0.39, 0.29) is 0 Å². The van der Waals surface area contributed by atoms with Gasteiger partial charge in [-0.05, 0) is 6.42 Å². The zero-order valence-corrected chi connectivity index (χ0v) is 12.7. The minimum Gasteiger partial charge on any atom is -0.196 e. The van der Waals surface area contributed by atoms with E-state index in [1.807, 2.05) is 0 Å². The predicted molar refractivity (Wildman–Crippen MR) is 71.4 cm³/mol. The number of halogens is 6. The molecule has 1 atom stereocenters. The summed E-state index contributed by atoms with van der Waals surface area (Å²) in [4.78, 5) is 0. The van der Waals surface area contributed by atoms with Gasteiger partial charge in [-0.3, -0.25) is 0 Å². The fourth-order valence-electron chi connectivity index (χ4n) is 1.64. The lowest BCUT2D eigenvalue weighted by molar-refractivity contribution is -0.283. The number of rotatable bonds is 9. The lowest BCUT2D eigenvalue weighted by Gasteiger charge is -2.22. The van der Waals surface area contributed by atoms with Crippen molar-refractivity contribution in [2.75, 3.05) is 0 Å². The summed E-state index contributed by atoms with van der Waals surface area (Å²) in [5, 5.41) is 0. The average molecular weight is 386 g/mol. The monoisotopic (exact) mass is 386 g/mol. The van der Waals surface area contributed by atoms with E-state index in [4.69, 9.17) is 0 Å². The Balaban J connectivity index is 3.74. The maximum atomic E-state index is 12.7. The zero-order valence-electron chi connectivity index (χ0n) is 10.5. The van der Waals surface area contributed by atoms with E-state index in [9.17, 15) is 22.0 Å². The third-order valence-electron chi connectivity index (χ3n) is 2.76. The van der Waals surface area contributed by atoms with Gasteiger partial charge >= 0.3 is 12.1 Å². The maximum Gasteiger partial charge on any atom is 0.453 e. The Morgan fingerprint density at radius 2 is 1.39 bits per heavy atom. The average Bonchev–Trinajstić information content (AvgIpc) is 2.20. The quantitative estimate of drug-likeness (QED) is 0.194. The molecule has 0 spiro atoms. The molecule has 18 heavy (non-hydrogen) atoms. The van der Waals surface area contributed by atoms with Crippen molar-refractivity contribution in [2.24, 2.45) is 0 Å². The van der Waals surface area contributed by atoms with E-state index >= 15 is 0 Å². The number of unbranched alkanes of at least 4 members (excludes halogenated alkanes) is 5. The van der Waals surface area contributed by atoms with Gasteiger partial charge in [0.1, 0.15) is 0 Å². The van der Waals surface area contributed by atoms with Crippen LogP contribution >= 0.6 is 22.6 Å². The number of hydrogen-bond donors (Lipinski definition) is 0. The molecule has 0 heterocycles. The van der Waals surface area contributed by atoms with Crippen molar-refractivity contribution in [3.63, 3.8) is 0 Å². The SMILES string of the molecule is CCCCCCCCC(I)CC(F)(F)C(F)(F)F. The first-order valence-electron chi connectivity index (χ1n) is 6.29. The molecule has 0 saturated heterocycles. The summed E-state index contributed by atoms with van der Waals surface area (Å²) in [5.41, 5.74) is 0. The van der Waals surface area contributed by atoms with Gasteiger partial charge in [0.25, 0.3) is 0 Å². The first-order chi connectivity index (χ1) is 8.20. The third-order valence-corrected chi connectivity index (χ3v) is 3.83. The van der Waals surface area contributed by atoms with E-state index in [1.165, 1.54) is 0 Å². The zero-order chi connectivity index (χ0) is 14.2. The van der Waals surface area contributed by atoms with Crippen LogP contribution in [-0.2, 0) is 0 Å². The van der Waals surface area contributed by atoms with E-state index in [2.05, 4.69) is 6.92 Å². The lowest BCUT2D eigenvalue weighted by Crippen LogP contribution is -2.38. The van der Waals surface area contributed by atoms with Gasteiger partial charge in [-0.2, -0.15) is 22.0 Å². The highest BCUT2D eigenvalue weighted by Gasteiger charge is 2.57. The van der Waals surface area contributed by atoms with Gasteiger partial charge in [-0.15, -0.1) is 0 Å². The molecule has 0 aliphatic carbocycles. The number of alkyl halides is 6. The molecular weight excluding hydrogens is 366 g/mol. The van der Waals surface area contributed by atoms with Gasteiger partial charge in [0.15, 0.2) is 0 Å². The van der Waals surface area contributed by atoms with Crippen LogP contribution in [0, 0.1) is 0 Å². The van der Waals surface area contributed by atoms with Crippen LogP contribution in [0.5, 0.6) is 0 Å². The first kappa shape index (κ1) is 18.4. The van der Waals surface area contributed by atoms with Crippen molar-refractivity contribution in [3.05, 3.63) is 0 Å². The molecule has 1 unspecified atom stereocenters. The molecule has 0 nitrogen and oxygen atoms in total. The Morgan fingerprint density at radius 3 is 1.89 bits per heavy atom. The fourth-order valence-corrected chi connectivity index (χ4v) is 2.64. The maximum absolute atomic E-state index is 12.7. The van der Waals surface area contributed by atoms with Crippen molar-refractivity contribution in [1.29, 1.82) is 0 Å². The third kappa shape index (κ3) is 7.74. The summed E-state index contributed by atoms with van der Waals surface area (Å²) in [6, 6.07) is 0. The van der Waals surface area contributed by atoms with E-state index in [0.29, 0.717) is 6.42 Å². The Morgan fingerprint density at radius 1 is 0.889 bits per heavy atom. The Labute approximate surface area is 119 Å². The summed E-state index contributed by atoms with van der Waals surface area (Å²) < 4.78 is 60.7. The van der Waals surface area contributed by atoms with Crippen LogP contribution in [0.2, 0.25) is 0 Å². The van der Waals surface area contributed by atoms with Crippen molar-refractivity contribution < 1.29 is 22.0 Å². The molecule has 0 radical (unpaired) electrons. The second kappa shape index (κ2) is 8.53. The van der Waals surface area contributed by atoms with Crippen LogP contribution < -0.4 is 0 Å². The normalized spacial score (nSPS) is 14.8. The molecule has 0 aromatic carbocycles. The van der Waals surface area contributed by atoms with Gasteiger partial charge in [-0.25, -0.2) is 0 Å². The molecule has 0 aromatic rings. The predicted octanol–water partition coefficient (Wildman–Crippen LogP) is 6.13. The highest BCUT2D eigenvalue weighted by Crippen LogP contribution is 2.40. The highest BCUT2D eigenvalue weighted by atomic mass is 127. The first-order valence-corrected chi connectivity index (χ1v) is 7.54. The topological polar surface area (TPSA) is 0 Å². The minimum absolute atomic E-state index is 0.429. The molecule has 0 saturated carbocycles. The molecule has 0 amide bonds. The minimum atomic E-state index is -5.42. The van der Waals surface area contributed by atoms with E-state index < -0.39 is 22.4 Å². The van der Waals surface area contributed by atoms with E-state index in [1.54, 1.807) is 22.6 Å². The van der Waals surface area contributed by atoms with Crippen molar-refractivity contribution in [2.45, 2.75) is 74.3 Å². The largest absolute Gasteiger partial charge is 0.453 e. The van der Waals surface area contributed by atoms with Crippen LogP contribution in [0.25, 0.3) is 0 Å². The van der Waals surface area contributed by atoms with Crippen LogP contribution in [0.3, 0.4) is 0 Å². The van der Waals surface area contributed by atoms with Gasteiger partial charge in [-0.1, -0.05) is 68.0 Å². The molecule has 0 rings (SSSR count). The van der Waals surface area contributed by atoms with Crippen LogP contribution in [0.15, 0.2) is 0 Å². The second-order valence-corrected chi connectivity index (χ2v) is 6.32. The standard InChI is InChI=1S/C12H20F5I/c1-2-3-4-5-6-7-8-10(18)9-11(13,14)12(15,16)17/h10H,2-9H2,1H3. The molecule has 6 heteroatoms. The molecular formula is C12H20F5I. The summed E-state index contributed by atoms with van der Waals surface area (Å²) in [5.74, 6) is -4.55. The molecule has 0 fully saturated rings. The molecule has 110 valence electrons. The molecule has 0 aromatic heterocycles. The summed E-state index contributed by atoms with van der Waals surface area (Å²) >= 11 is 1.70. The Bertz CT molecular complexity index is 215. The summed E-state index contributed by atoms with van der Waals surface area (Å²) in [7, 11) is 0. The summed E-state index contributed by atoms with van der Waals surface area (Å²) in [6.07, 6.45) is -0.0230. The van der Waals surface area contributed by atoms with Crippen LogP contribution in [-0.4, -0.2) is 16.0 Å². The fraction of sp³-hybridized carbons (Fsp3) is 1.00. The smallest absolute Gasteiger partial charge is 0.196 e. The summed E-state index contributed by atoms with van der Waals surface area (Å²) in [6.45, 7) is 2.10. The molecule has 0 aliphatic heterocycles. The van der Waals surface area contributed by atoms with Gasteiger partial charge in [0.2, 0.25) is 0 Å². The lowest BCUT2D eigenvalue weighted by atomic mass is 10.1. The molecule has 0 aliphatic rings. The number of hydrogen-bond acceptors (Lipinski definition) is 0. The van der Waals surface area contributed by atoms with Crippen LogP contribution in [0.4, 0.5) is 22.0 Å². The van der Waals surface area contributed by atoms with Crippen molar-refractivity contribution in [1.82, 2.24) is 0 Å². The van der Waals surface area contributed by atoms with Crippen molar-refractivity contribution >= 4 is 22.6 Å². The molecule has 0 N–H and O–H groups in total. The molecule has 0 bridgehead atoms. The van der Waals surface area contributed by atoms with Gasteiger partial charge in [0.05, 0.1) is 0 Å². The Kier molecular flexibility index (Phi) is 8.71. The van der Waals surface area contributed by atoms with Gasteiger partial charge in [0, 0.05) is 10.3 Å².